The molecule has 0 aliphatic carbocycles. The van der Waals surface area contributed by atoms with Gasteiger partial charge in [0, 0.05) is 25.7 Å². The fourth-order valence-corrected chi connectivity index (χ4v) is 3.18. The highest BCUT2D eigenvalue weighted by Crippen LogP contribution is 2.29. The van der Waals surface area contributed by atoms with E-state index in [0.717, 1.165) is 18.4 Å². The largest absolute Gasteiger partial charge is 0.416 e. The van der Waals surface area contributed by atoms with Crippen molar-refractivity contribution >= 4 is 40.0 Å². The van der Waals surface area contributed by atoms with Crippen LogP contribution < -0.4 is 15.4 Å². The molecule has 0 atom stereocenters. The van der Waals surface area contributed by atoms with Gasteiger partial charge >= 0.3 is 6.18 Å². The van der Waals surface area contributed by atoms with Gasteiger partial charge in [0.2, 0.25) is 10.0 Å². The predicted molar refractivity (Wildman–Crippen MR) is 107 cm³/mol. The van der Waals surface area contributed by atoms with Crippen molar-refractivity contribution in [2.75, 3.05) is 19.8 Å². The number of nitrogens with one attached hydrogen (secondary N) is 3. The second kappa shape index (κ2) is 9.74. The summed E-state index contributed by atoms with van der Waals surface area (Å²) in [4.78, 5) is 3.97. The number of rotatable bonds is 6. The predicted octanol–water partition coefficient (Wildman–Crippen LogP) is 2.32. The lowest BCUT2D eigenvalue weighted by molar-refractivity contribution is -0.137. The van der Waals surface area contributed by atoms with Crippen LogP contribution in [0.4, 0.5) is 13.2 Å². The van der Waals surface area contributed by atoms with Crippen LogP contribution in [-0.2, 0) is 22.7 Å². The molecule has 0 aliphatic rings. The lowest BCUT2D eigenvalue weighted by Gasteiger charge is -2.26. The second-order valence-corrected chi connectivity index (χ2v) is 7.98. The van der Waals surface area contributed by atoms with Crippen molar-refractivity contribution in [2.24, 2.45) is 4.99 Å². The first-order valence-corrected chi connectivity index (χ1v) is 9.31. The zero-order chi connectivity index (χ0) is 19.3. The highest BCUT2D eigenvalue weighted by molar-refractivity contribution is 14.0. The van der Waals surface area contributed by atoms with E-state index in [2.05, 4.69) is 20.3 Å². The molecule has 0 aliphatic heterocycles. The van der Waals surface area contributed by atoms with Crippen LogP contribution >= 0.6 is 24.0 Å². The van der Waals surface area contributed by atoms with E-state index in [-0.39, 0.29) is 37.1 Å². The van der Waals surface area contributed by atoms with Crippen LogP contribution in [0.1, 0.15) is 25.0 Å². The van der Waals surface area contributed by atoms with Crippen molar-refractivity contribution in [2.45, 2.75) is 32.1 Å². The standard InChI is InChI=1S/C15H23F3N4O2S.HI/c1-14(2,22-25(4,23)24)10-21-13(19-3)20-9-11-6-5-7-12(8-11)15(16,17)18;/h5-8,22H,9-10H2,1-4H3,(H2,19,20,21);1H. The molecule has 1 rings (SSSR count). The summed E-state index contributed by atoms with van der Waals surface area (Å²) in [5.74, 6) is 0.348. The summed E-state index contributed by atoms with van der Waals surface area (Å²) in [6.45, 7) is 3.77. The van der Waals surface area contributed by atoms with Crippen LogP contribution in [0.5, 0.6) is 0 Å². The Labute approximate surface area is 169 Å². The fourth-order valence-electron chi connectivity index (χ4n) is 2.11. The van der Waals surface area contributed by atoms with Crippen LogP contribution in [0, 0.1) is 0 Å². The van der Waals surface area contributed by atoms with Gasteiger partial charge in [-0.15, -0.1) is 24.0 Å². The van der Waals surface area contributed by atoms with Gasteiger partial charge in [-0.2, -0.15) is 13.2 Å². The number of hydrogen-bond acceptors (Lipinski definition) is 3. The van der Waals surface area contributed by atoms with Crippen molar-refractivity contribution in [1.82, 2.24) is 15.4 Å². The van der Waals surface area contributed by atoms with Crippen molar-refractivity contribution in [3.63, 3.8) is 0 Å². The lowest BCUT2D eigenvalue weighted by Crippen LogP contribution is -2.52. The van der Waals surface area contributed by atoms with Gasteiger partial charge in [0.15, 0.2) is 5.96 Å². The van der Waals surface area contributed by atoms with E-state index in [1.807, 2.05) is 0 Å². The number of halogens is 4. The highest BCUT2D eigenvalue weighted by Gasteiger charge is 2.30. The average molecular weight is 508 g/mol. The van der Waals surface area contributed by atoms with Gasteiger partial charge < -0.3 is 10.6 Å². The number of guanidine groups is 1. The molecule has 3 N–H and O–H groups in total. The molecule has 0 aromatic heterocycles. The summed E-state index contributed by atoms with van der Waals surface area (Å²) >= 11 is 0. The molecule has 6 nitrogen and oxygen atoms in total. The number of sulfonamides is 1. The Morgan fingerprint density at radius 1 is 1.19 bits per heavy atom. The molecule has 0 radical (unpaired) electrons. The first-order chi connectivity index (χ1) is 11.3. The molecule has 11 heteroatoms. The van der Waals surface area contributed by atoms with E-state index in [9.17, 15) is 21.6 Å². The molecule has 1 aromatic rings. The Bertz CT molecular complexity index is 722. The molecular formula is C15H24F3IN4O2S. The summed E-state index contributed by atoms with van der Waals surface area (Å²) < 4.78 is 63.2. The van der Waals surface area contributed by atoms with Gasteiger partial charge in [-0.1, -0.05) is 12.1 Å². The minimum Gasteiger partial charge on any atom is -0.355 e. The minimum absolute atomic E-state index is 0. The Balaban J connectivity index is 0.00000625. The summed E-state index contributed by atoms with van der Waals surface area (Å²) in [5.41, 5.74) is -1.03. The number of hydrogen-bond donors (Lipinski definition) is 3. The second-order valence-electron chi connectivity index (χ2n) is 6.24. The SMILES string of the molecule is CN=C(NCc1cccc(C(F)(F)F)c1)NCC(C)(C)NS(C)(=O)=O.I. The maximum absolute atomic E-state index is 12.7. The van der Waals surface area contributed by atoms with Crippen molar-refractivity contribution in [3.05, 3.63) is 35.4 Å². The smallest absolute Gasteiger partial charge is 0.355 e. The van der Waals surface area contributed by atoms with Crippen LogP contribution in [0.2, 0.25) is 0 Å². The van der Waals surface area contributed by atoms with E-state index < -0.39 is 27.3 Å². The summed E-state index contributed by atoms with van der Waals surface area (Å²) in [5, 5.41) is 5.83. The molecule has 0 saturated heterocycles. The fraction of sp³-hybridized carbons (Fsp3) is 0.533. The van der Waals surface area contributed by atoms with Crippen LogP contribution in [0.25, 0.3) is 0 Å². The summed E-state index contributed by atoms with van der Waals surface area (Å²) in [7, 11) is -1.85. The number of alkyl halides is 3. The van der Waals surface area contributed by atoms with Crippen LogP contribution in [0.3, 0.4) is 0 Å². The molecule has 0 unspecified atom stereocenters. The monoisotopic (exact) mass is 508 g/mol. The molecule has 0 amide bonds. The summed E-state index contributed by atoms with van der Waals surface area (Å²) in [6, 6.07) is 4.99. The first-order valence-electron chi connectivity index (χ1n) is 7.42. The third kappa shape index (κ3) is 9.57. The van der Waals surface area contributed by atoms with Gasteiger partial charge in [0.25, 0.3) is 0 Å². The van der Waals surface area contributed by atoms with Gasteiger partial charge in [-0.05, 0) is 31.5 Å². The Morgan fingerprint density at radius 2 is 1.81 bits per heavy atom. The van der Waals surface area contributed by atoms with E-state index >= 15 is 0 Å². The van der Waals surface area contributed by atoms with Gasteiger partial charge in [0.05, 0.1) is 11.8 Å². The number of nitrogens with zero attached hydrogens (tertiary/aromatic N) is 1. The van der Waals surface area contributed by atoms with Crippen LogP contribution in [-0.4, -0.2) is 39.8 Å². The molecule has 0 saturated carbocycles. The zero-order valence-corrected chi connectivity index (χ0v) is 18.1. The normalized spacial score (nSPS) is 13.1. The molecule has 0 fully saturated rings. The van der Waals surface area contributed by atoms with Gasteiger partial charge in [0.1, 0.15) is 0 Å². The Kier molecular flexibility index (Phi) is 9.33. The third-order valence-electron chi connectivity index (χ3n) is 3.10. The van der Waals surface area contributed by atoms with Crippen LogP contribution in [0.15, 0.2) is 29.3 Å². The van der Waals surface area contributed by atoms with Crippen molar-refractivity contribution in [1.29, 1.82) is 0 Å². The zero-order valence-electron chi connectivity index (χ0n) is 14.9. The maximum atomic E-state index is 12.7. The van der Waals surface area contributed by atoms with Crippen molar-refractivity contribution < 1.29 is 21.6 Å². The molecule has 150 valence electrons. The molecular weight excluding hydrogens is 484 g/mol. The average Bonchev–Trinajstić information content (AvgIpc) is 2.44. The molecule has 1 aromatic carbocycles. The molecule has 26 heavy (non-hydrogen) atoms. The Morgan fingerprint density at radius 3 is 2.31 bits per heavy atom. The Hall–Kier alpha value is -1.08. The van der Waals surface area contributed by atoms with E-state index in [1.54, 1.807) is 19.9 Å². The first kappa shape index (κ1) is 24.9. The van der Waals surface area contributed by atoms with Gasteiger partial charge in [-0.3, -0.25) is 4.99 Å². The highest BCUT2D eigenvalue weighted by atomic mass is 127. The van der Waals surface area contributed by atoms with Crippen molar-refractivity contribution in [3.8, 4) is 0 Å². The third-order valence-corrected chi connectivity index (χ3v) is 4.02. The maximum Gasteiger partial charge on any atom is 0.416 e. The number of benzene rings is 1. The van der Waals surface area contributed by atoms with E-state index in [1.165, 1.54) is 13.1 Å². The van der Waals surface area contributed by atoms with Gasteiger partial charge in [-0.25, -0.2) is 13.1 Å². The minimum atomic E-state index is -4.39. The molecule has 0 bridgehead atoms. The molecule has 0 spiro atoms. The van der Waals surface area contributed by atoms with E-state index in [0.29, 0.717) is 11.5 Å². The topological polar surface area (TPSA) is 82.6 Å². The summed E-state index contributed by atoms with van der Waals surface area (Å²) in [6.07, 6.45) is -3.33. The quantitative estimate of drug-likeness (QED) is 0.313. The lowest BCUT2D eigenvalue weighted by atomic mass is 10.1. The van der Waals surface area contributed by atoms with E-state index in [4.69, 9.17) is 0 Å². The number of aliphatic imine (C=N–C) groups is 1. The molecule has 0 heterocycles.